The summed E-state index contributed by atoms with van der Waals surface area (Å²) in [6.07, 6.45) is 0. The Kier molecular flexibility index (Phi) is 4.83. The van der Waals surface area contributed by atoms with E-state index in [1.165, 1.54) is 6.92 Å². The van der Waals surface area contributed by atoms with Crippen LogP contribution in [0.25, 0.3) is 0 Å². The third-order valence-electron chi connectivity index (χ3n) is 1.48. The Balaban J connectivity index is 5.35. The zero-order valence-corrected chi connectivity index (χ0v) is 9.33. The molecule has 14 heavy (non-hydrogen) atoms. The second-order valence-electron chi connectivity index (χ2n) is 2.29. The molecular weight excluding hydrogens is 211 g/mol. The van der Waals surface area contributed by atoms with Crippen LogP contribution in [0.15, 0.2) is 11.1 Å². The SMILES string of the molecule is COC(=O)/C(=C(/C)O)P(=O)(OC)OC. The highest BCUT2D eigenvalue weighted by Crippen LogP contribution is 2.55. The topological polar surface area (TPSA) is 82.1 Å². The van der Waals surface area contributed by atoms with E-state index in [1.807, 2.05) is 0 Å². The summed E-state index contributed by atoms with van der Waals surface area (Å²) in [7, 11) is -0.452. The van der Waals surface area contributed by atoms with Crippen molar-refractivity contribution in [2.24, 2.45) is 0 Å². The molecule has 0 saturated carbocycles. The summed E-state index contributed by atoms with van der Waals surface area (Å²) in [5.41, 5.74) is 0. The summed E-state index contributed by atoms with van der Waals surface area (Å²) in [5, 5.41) is 8.66. The molecule has 0 fully saturated rings. The molecule has 0 amide bonds. The molecule has 0 radical (unpaired) electrons. The molecule has 0 aliphatic carbocycles. The number of carbonyl (C=O) groups is 1. The van der Waals surface area contributed by atoms with Gasteiger partial charge in [0.1, 0.15) is 5.76 Å². The van der Waals surface area contributed by atoms with Crippen molar-refractivity contribution in [1.82, 2.24) is 0 Å². The van der Waals surface area contributed by atoms with E-state index in [-0.39, 0.29) is 0 Å². The van der Waals surface area contributed by atoms with Gasteiger partial charge in [0.05, 0.1) is 7.11 Å². The second-order valence-corrected chi connectivity index (χ2v) is 4.46. The Morgan fingerprint density at radius 3 is 1.86 bits per heavy atom. The van der Waals surface area contributed by atoms with E-state index in [4.69, 9.17) is 5.11 Å². The number of methoxy groups -OCH3 is 1. The van der Waals surface area contributed by atoms with E-state index in [1.54, 1.807) is 0 Å². The van der Waals surface area contributed by atoms with Crippen molar-refractivity contribution >= 4 is 13.6 Å². The van der Waals surface area contributed by atoms with Crippen LogP contribution < -0.4 is 0 Å². The third-order valence-corrected chi connectivity index (χ3v) is 3.49. The van der Waals surface area contributed by atoms with Crippen molar-refractivity contribution in [2.45, 2.75) is 6.92 Å². The normalized spacial score (nSPS) is 13.4. The lowest BCUT2D eigenvalue weighted by Crippen LogP contribution is -2.09. The van der Waals surface area contributed by atoms with E-state index >= 15 is 0 Å². The van der Waals surface area contributed by atoms with Gasteiger partial charge in [-0.05, 0) is 6.92 Å². The fourth-order valence-corrected chi connectivity index (χ4v) is 2.04. The quantitative estimate of drug-likeness (QED) is 0.336. The van der Waals surface area contributed by atoms with E-state index in [9.17, 15) is 9.36 Å². The maximum atomic E-state index is 11.7. The van der Waals surface area contributed by atoms with Crippen molar-refractivity contribution in [3.8, 4) is 0 Å². The van der Waals surface area contributed by atoms with Gasteiger partial charge in [0.25, 0.3) is 0 Å². The Labute approximate surface area is 82.0 Å². The minimum Gasteiger partial charge on any atom is -0.511 e. The number of carbonyl (C=O) groups excluding carboxylic acids is 1. The summed E-state index contributed by atoms with van der Waals surface area (Å²) in [6, 6.07) is 0. The van der Waals surface area contributed by atoms with Gasteiger partial charge in [0.2, 0.25) is 0 Å². The Hall–Kier alpha value is -0.840. The Morgan fingerprint density at radius 1 is 1.21 bits per heavy atom. The zero-order valence-electron chi connectivity index (χ0n) is 8.44. The first-order chi connectivity index (χ1) is 6.42. The van der Waals surface area contributed by atoms with E-state index in [0.717, 1.165) is 21.3 Å². The van der Waals surface area contributed by atoms with Crippen LogP contribution >= 0.6 is 7.60 Å². The summed E-state index contributed by atoms with van der Waals surface area (Å²) in [5.74, 6) is -1.40. The largest absolute Gasteiger partial charge is 0.511 e. The van der Waals surface area contributed by atoms with Gasteiger partial charge in [-0.2, -0.15) is 0 Å². The average Bonchev–Trinajstić information content (AvgIpc) is 2.16. The fourth-order valence-electron chi connectivity index (χ4n) is 0.811. The van der Waals surface area contributed by atoms with Crippen LogP contribution in [0.5, 0.6) is 0 Å². The number of esters is 1. The second kappa shape index (κ2) is 5.14. The standard InChI is InChI=1S/C7H13O6P/c1-5(8)6(7(9)11-2)14(10,12-3)13-4/h8H,1-4H3/b6-5+. The van der Waals surface area contributed by atoms with Gasteiger partial charge in [-0.1, -0.05) is 0 Å². The molecule has 0 aromatic heterocycles. The lowest BCUT2D eigenvalue weighted by molar-refractivity contribution is -0.135. The van der Waals surface area contributed by atoms with Gasteiger partial charge in [-0.3, -0.25) is 4.57 Å². The van der Waals surface area contributed by atoms with Gasteiger partial charge >= 0.3 is 13.6 Å². The van der Waals surface area contributed by atoms with Gasteiger partial charge in [0, 0.05) is 14.2 Å². The third kappa shape index (κ3) is 2.57. The average molecular weight is 224 g/mol. The maximum Gasteiger partial charge on any atom is 0.371 e. The van der Waals surface area contributed by atoms with Crippen molar-refractivity contribution < 1.29 is 28.3 Å². The predicted molar refractivity (Wildman–Crippen MR) is 49.0 cm³/mol. The van der Waals surface area contributed by atoms with Crippen LogP contribution in [-0.4, -0.2) is 32.4 Å². The first-order valence-corrected chi connectivity index (χ1v) is 5.17. The van der Waals surface area contributed by atoms with Crippen molar-refractivity contribution in [3.05, 3.63) is 11.1 Å². The number of allylic oxidation sites excluding steroid dienone is 1. The number of ether oxygens (including phenoxy) is 1. The van der Waals surface area contributed by atoms with Crippen molar-refractivity contribution in [2.75, 3.05) is 21.3 Å². The minimum absolute atomic E-state index is 0.455. The van der Waals surface area contributed by atoms with E-state index in [2.05, 4.69) is 13.8 Å². The lowest BCUT2D eigenvalue weighted by Gasteiger charge is -2.15. The molecule has 0 atom stereocenters. The summed E-state index contributed by atoms with van der Waals surface area (Å²) < 4.78 is 25.2. The lowest BCUT2D eigenvalue weighted by atomic mass is 10.5. The molecular formula is C7H13O6P. The smallest absolute Gasteiger partial charge is 0.371 e. The molecule has 0 aromatic rings. The number of aliphatic hydroxyl groups excluding tert-OH is 1. The molecule has 0 heterocycles. The highest BCUT2D eigenvalue weighted by atomic mass is 31.2. The molecule has 82 valence electrons. The van der Waals surface area contributed by atoms with Gasteiger partial charge in [-0.25, -0.2) is 4.79 Å². The first-order valence-electron chi connectivity index (χ1n) is 3.63. The molecule has 0 aliphatic heterocycles. The minimum atomic E-state index is -3.76. The Bertz CT molecular complexity index is 283. The summed E-state index contributed by atoms with van der Waals surface area (Å²) >= 11 is 0. The molecule has 0 rings (SSSR count). The number of aliphatic hydroxyl groups is 1. The molecule has 0 spiro atoms. The van der Waals surface area contributed by atoms with Crippen LogP contribution in [0.3, 0.4) is 0 Å². The first kappa shape index (κ1) is 13.2. The predicted octanol–water partition coefficient (Wildman–Crippen LogP) is 1.43. The molecule has 0 bridgehead atoms. The van der Waals surface area contributed by atoms with Crippen LogP contribution in [-0.2, 0) is 23.1 Å². The van der Waals surface area contributed by atoms with E-state index in [0.29, 0.717) is 0 Å². The van der Waals surface area contributed by atoms with E-state index < -0.39 is 24.6 Å². The van der Waals surface area contributed by atoms with Crippen LogP contribution in [0, 0.1) is 0 Å². The Morgan fingerprint density at radius 2 is 1.64 bits per heavy atom. The number of hydrogen-bond acceptors (Lipinski definition) is 6. The zero-order chi connectivity index (χ0) is 11.4. The number of rotatable bonds is 4. The van der Waals surface area contributed by atoms with Gasteiger partial charge < -0.3 is 18.9 Å². The molecule has 0 aliphatic rings. The van der Waals surface area contributed by atoms with Crippen molar-refractivity contribution in [3.63, 3.8) is 0 Å². The fraction of sp³-hybridized carbons (Fsp3) is 0.571. The molecule has 0 unspecified atom stereocenters. The highest BCUT2D eigenvalue weighted by molar-refractivity contribution is 7.59. The maximum absolute atomic E-state index is 11.7. The summed E-state index contributed by atoms with van der Waals surface area (Å²) in [6.45, 7) is 1.19. The van der Waals surface area contributed by atoms with Crippen LogP contribution in [0.1, 0.15) is 6.92 Å². The van der Waals surface area contributed by atoms with Gasteiger partial charge in [-0.15, -0.1) is 0 Å². The van der Waals surface area contributed by atoms with Crippen LogP contribution in [0.4, 0.5) is 0 Å². The highest BCUT2D eigenvalue weighted by Gasteiger charge is 2.36. The van der Waals surface area contributed by atoms with Crippen LogP contribution in [0.2, 0.25) is 0 Å². The molecule has 0 saturated heterocycles. The summed E-state index contributed by atoms with van der Waals surface area (Å²) in [4.78, 5) is 11.1. The van der Waals surface area contributed by atoms with Gasteiger partial charge in [0.15, 0.2) is 5.31 Å². The molecule has 1 N–H and O–H groups in total. The molecule has 6 nitrogen and oxygen atoms in total. The molecule has 7 heteroatoms. The van der Waals surface area contributed by atoms with Crippen molar-refractivity contribution in [1.29, 1.82) is 0 Å². The molecule has 0 aromatic carbocycles. The number of hydrogen-bond donors (Lipinski definition) is 1. The monoisotopic (exact) mass is 224 g/mol.